The Morgan fingerprint density at radius 2 is 1.95 bits per heavy atom. The van der Waals surface area contributed by atoms with E-state index in [2.05, 4.69) is 6.07 Å². The van der Waals surface area contributed by atoms with Gasteiger partial charge in [-0.1, -0.05) is 18.2 Å². The summed E-state index contributed by atoms with van der Waals surface area (Å²) >= 11 is 1.65. The maximum absolute atomic E-state index is 8.95. The third-order valence-electron chi connectivity index (χ3n) is 2.85. The molecule has 102 valence electrons. The van der Waals surface area contributed by atoms with Crippen LogP contribution < -0.4 is 9.47 Å². The van der Waals surface area contributed by atoms with Crippen molar-refractivity contribution in [1.82, 2.24) is 0 Å². The van der Waals surface area contributed by atoms with Crippen LogP contribution in [0.4, 0.5) is 0 Å². The van der Waals surface area contributed by atoms with Crippen LogP contribution in [-0.2, 0) is 6.61 Å². The standard InChI is InChI=1S/C16H15NO2S/c1-18-15-9-12(7-8-13(15)10-17)11-19-14-5-3-4-6-16(14)20-2/h3-9H,11H2,1-2H3. The van der Waals surface area contributed by atoms with Crippen molar-refractivity contribution >= 4 is 11.8 Å². The van der Waals surface area contributed by atoms with Gasteiger partial charge in [0.2, 0.25) is 0 Å². The van der Waals surface area contributed by atoms with Gasteiger partial charge in [-0.2, -0.15) is 5.26 Å². The Hall–Kier alpha value is -2.12. The molecule has 0 amide bonds. The summed E-state index contributed by atoms with van der Waals surface area (Å²) in [6.45, 7) is 0.444. The lowest BCUT2D eigenvalue weighted by Gasteiger charge is -2.11. The Labute approximate surface area is 123 Å². The van der Waals surface area contributed by atoms with Gasteiger partial charge < -0.3 is 9.47 Å². The van der Waals surface area contributed by atoms with Crippen LogP contribution in [0.1, 0.15) is 11.1 Å². The smallest absolute Gasteiger partial charge is 0.137 e. The van der Waals surface area contributed by atoms with Crippen LogP contribution in [-0.4, -0.2) is 13.4 Å². The minimum absolute atomic E-state index is 0.444. The summed E-state index contributed by atoms with van der Waals surface area (Å²) < 4.78 is 11.0. The predicted molar refractivity (Wildman–Crippen MR) is 80.3 cm³/mol. The quantitative estimate of drug-likeness (QED) is 0.782. The van der Waals surface area contributed by atoms with Gasteiger partial charge >= 0.3 is 0 Å². The second kappa shape index (κ2) is 6.88. The van der Waals surface area contributed by atoms with Gasteiger partial charge in [0.25, 0.3) is 0 Å². The number of thioether (sulfide) groups is 1. The van der Waals surface area contributed by atoms with E-state index in [0.29, 0.717) is 17.9 Å². The van der Waals surface area contributed by atoms with E-state index in [4.69, 9.17) is 14.7 Å². The molecular formula is C16H15NO2S. The molecule has 4 heteroatoms. The average Bonchev–Trinajstić information content (AvgIpc) is 2.52. The van der Waals surface area contributed by atoms with Crippen LogP contribution in [0.25, 0.3) is 0 Å². The van der Waals surface area contributed by atoms with Crippen LogP contribution >= 0.6 is 11.8 Å². The van der Waals surface area contributed by atoms with Gasteiger partial charge in [-0.25, -0.2) is 0 Å². The summed E-state index contributed by atoms with van der Waals surface area (Å²) in [6.07, 6.45) is 2.02. The molecule has 3 nitrogen and oxygen atoms in total. The molecule has 20 heavy (non-hydrogen) atoms. The van der Waals surface area contributed by atoms with Crippen LogP contribution in [0.5, 0.6) is 11.5 Å². The Kier molecular flexibility index (Phi) is 4.91. The summed E-state index contributed by atoms with van der Waals surface area (Å²) in [6, 6.07) is 15.5. The van der Waals surface area contributed by atoms with E-state index in [9.17, 15) is 0 Å². The number of benzene rings is 2. The number of hydrogen-bond donors (Lipinski definition) is 0. The lowest BCUT2D eigenvalue weighted by atomic mass is 10.1. The number of rotatable bonds is 5. The molecule has 0 saturated carbocycles. The minimum atomic E-state index is 0.444. The highest BCUT2D eigenvalue weighted by molar-refractivity contribution is 7.98. The fourth-order valence-corrected chi connectivity index (χ4v) is 2.36. The number of para-hydroxylation sites is 1. The Bertz CT molecular complexity index is 635. The first-order chi connectivity index (χ1) is 9.78. The Morgan fingerprint density at radius 3 is 2.65 bits per heavy atom. The predicted octanol–water partition coefficient (Wildman–Crippen LogP) is 3.87. The topological polar surface area (TPSA) is 42.2 Å². The Balaban J connectivity index is 2.13. The third-order valence-corrected chi connectivity index (χ3v) is 3.63. The summed E-state index contributed by atoms with van der Waals surface area (Å²) in [7, 11) is 1.56. The molecule has 0 bridgehead atoms. The fraction of sp³-hybridized carbons (Fsp3) is 0.188. The zero-order valence-corrected chi connectivity index (χ0v) is 12.2. The monoisotopic (exact) mass is 285 g/mol. The van der Waals surface area contributed by atoms with E-state index in [0.717, 1.165) is 16.2 Å². The van der Waals surface area contributed by atoms with Crippen LogP contribution in [0.2, 0.25) is 0 Å². The second-order valence-electron chi connectivity index (χ2n) is 4.09. The molecule has 0 radical (unpaired) electrons. The fourth-order valence-electron chi connectivity index (χ4n) is 1.82. The molecule has 0 atom stereocenters. The number of methoxy groups -OCH3 is 1. The number of ether oxygens (including phenoxy) is 2. The van der Waals surface area contributed by atoms with E-state index in [1.807, 2.05) is 42.7 Å². The summed E-state index contributed by atoms with van der Waals surface area (Å²) in [5.41, 5.74) is 1.50. The highest BCUT2D eigenvalue weighted by Gasteiger charge is 2.06. The van der Waals surface area contributed by atoms with Crippen LogP contribution in [0.3, 0.4) is 0 Å². The molecule has 0 unspecified atom stereocenters. The van der Waals surface area contributed by atoms with Gasteiger partial charge in [0, 0.05) is 4.90 Å². The van der Waals surface area contributed by atoms with Crippen molar-refractivity contribution in [2.45, 2.75) is 11.5 Å². The first kappa shape index (κ1) is 14.3. The molecule has 0 aliphatic heterocycles. The van der Waals surface area contributed by atoms with Gasteiger partial charge in [0.15, 0.2) is 0 Å². The van der Waals surface area contributed by atoms with Crippen molar-refractivity contribution < 1.29 is 9.47 Å². The van der Waals surface area contributed by atoms with E-state index in [1.54, 1.807) is 24.9 Å². The minimum Gasteiger partial charge on any atom is -0.495 e. The normalized spacial score (nSPS) is 9.85. The van der Waals surface area contributed by atoms with Gasteiger partial charge in [-0.05, 0) is 36.1 Å². The molecule has 2 aromatic rings. The van der Waals surface area contributed by atoms with E-state index < -0.39 is 0 Å². The third kappa shape index (κ3) is 3.25. The first-order valence-electron chi connectivity index (χ1n) is 6.11. The number of nitrogens with zero attached hydrogens (tertiary/aromatic N) is 1. The molecule has 0 heterocycles. The van der Waals surface area contributed by atoms with Crippen molar-refractivity contribution in [3.05, 3.63) is 53.6 Å². The lowest BCUT2D eigenvalue weighted by molar-refractivity contribution is 0.298. The zero-order valence-electron chi connectivity index (χ0n) is 11.4. The molecule has 0 aliphatic rings. The van der Waals surface area contributed by atoms with E-state index in [1.165, 1.54) is 0 Å². The highest BCUT2D eigenvalue weighted by Crippen LogP contribution is 2.28. The first-order valence-corrected chi connectivity index (χ1v) is 7.33. The molecule has 0 spiro atoms. The van der Waals surface area contributed by atoms with Crippen LogP contribution in [0.15, 0.2) is 47.4 Å². The van der Waals surface area contributed by atoms with Crippen molar-refractivity contribution in [3.8, 4) is 17.6 Å². The van der Waals surface area contributed by atoms with Gasteiger partial charge in [0.1, 0.15) is 24.2 Å². The maximum atomic E-state index is 8.95. The number of hydrogen-bond acceptors (Lipinski definition) is 4. The molecule has 0 N–H and O–H groups in total. The molecule has 2 aromatic carbocycles. The molecule has 2 rings (SSSR count). The molecule has 0 aliphatic carbocycles. The summed E-state index contributed by atoms with van der Waals surface area (Å²) in [5.74, 6) is 1.44. The Morgan fingerprint density at radius 1 is 1.15 bits per heavy atom. The zero-order chi connectivity index (χ0) is 14.4. The maximum Gasteiger partial charge on any atom is 0.137 e. The van der Waals surface area contributed by atoms with Gasteiger partial charge in [-0.3, -0.25) is 0 Å². The van der Waals surface area contributed by atoms with Gasteiger partial charge in [0.05, 0.1) is 12.7 Å². The molecular weight excluding hydrogens is 270 g/mol. The van der Waals surface area contributed by atoms with Gasteiger partial charge in [-0.15, -0.1) is 11.8 Å². The van der Waals surface area contributed by atoms with Crippen molar-refractivity contribution in [2.24, 2.45) is 0 Å². The molecule has 0 saturated heterocycles. The largest absolute Gasteiger partial charge is 0.495 e. The average molecular weight is 285 g/mol. The summed E-state index contributed by atoms with van der Waals surface area (Å²) in [4.78, 5) is 1.10. The van der Waals surface area contributed by atoms with E-state index in [-0.39, 0.29) is 0 Å². The second-order valence-corrected chi connectivity index (χ2v) is 4.93. The summed E-state index contributed by atoms with van der Waals surface area (Å²) in [5, 5.41) is 8.95. The van der Waals surface area contributed by atoms with E-state index >= 15 is 0 Å². The SMILES string of the molecule is COc1cc(COc2ccccc2SC)ccc1C#N. The van der Waals surface area contributed by atoms with Crippen molar-refractivity contribution in [3.63, 3.8) is 0 Å². The van der Waals surface area contributed by atoms with Crippen molar-refractivity contribution in [1.29, 1.82) is 5.26 Å². The molecule has 0 fully saturated rings. The highest BCUT2D eigenvalue weighted by atomic mass is 32.2. The number of nitriles is 1. The lowest BCUT2D eigenvalue weighted by Crippen LogP contribution is -1.98. The van der Waals surface area contributed by atoms with Crippen molar-refractivity contribution in [2.75, 3.05) is 13.4 Å². The van der Waals surface area contributed by atoms with Crippen LogP contribution in [0, 0.1) is 11.3 Å². The molecule has 0 aromatic heterocycles.